The summed E-state index contributed by atoms with van der Waals surface area (Å²) in [6.07, 6.45) is 1.77. The molecule has 0 radical (unpaired) electrons. The van der Waals surface area contributed by atoms with Gasteiger partial charge in [0.05, 0.1) is 10.6 Å². The summed E-state index contributed by atoms with van der Waals surface area (Å²) in [6.45, 7) is 9.62. The molecule has 3 aromatic carbocycles. The summed E-state index contributed by atoms with van der Waals surface area (Å²) in [7, 11) is -4.08. The zero-order valence-corrected chi connectivity index (χ0v) is 24.3. The number of unbranched alkanes of at least 4 members (excludes halogenated alkanes) is 1. The van der Waals surface area contributed by atoms with E-state index < -0.39 is 28.5 Å². The molecule has 0 aliphatic heterocycles. The normalized spacial score (nSPS) is 12.0. The number of carbonyl (C=O) groups excluding carboxylic acids is 2. The van der Waals surface area contributed by atoms with Gasteiger partial charge in [0.15, 0.2) is 0 Å². The van der Waals surface area contributed by atoms with Crippen LogP contribution < -0.4 is 9.62 Å². The van der Waals surface area contributed by atoms with Crippen LogP contribution in [0.4, 0.5) is 5.69 Å². The Morgan fingerprint density at radius 1 is 0.872 bits per heavy atom. The topological polar surface area (TPSA) is 86.8 Å². The second-order valence-electron chi connectivity index (χ2n) is 9.88. The first-order valence-corrected chi connectivity index (χ1v) is 14.8. The highest BCUT2D eigenvalue weighted by Crippen LogP contribution is 2.27. The van der Waals surface area contributed by atoms with Crippen LogP contribution in [0.25, 0.3) is 0 Å². The van der Waals surface area contributed by atoms with Crippen LogP contribution >= 0.6 is 0 Å². The number of hydrogen-bond acceptors (Lipinski definition) is 4. The molecule has 0 aromatic heterocycles. The summed E-state index contributed by atoms with van der Waals surface area (Å²) in [5.41, 5.74) is 3.94. The molecule has 0 aliphatic carbocycles. The summed E-state index contributed by atoms with van der Waals surface area (Å²) in [5, 5.41) is 2.91. The third kappa shape index (κ3) is 7.47. The molecule has 0 bridgehead atoms. The van der Waals surface area contributed by atoms with Crippen molar-refractivity contribution in [3.05, 3.63) is 95.1 Å². The summed E-state index contributed by atoms with van der Waals surface area (Å²) in [4.78, 5) is 28.6. The van der Waals surface area contributed by atoms with Gasteiger partial charge in [-0.1, -0.05) is 73.5 Å². The Morgan fingerprint density at radius 3 is 2.10 bits per heavy atom. The molecule has 0 aliphatic rings. The minimum Gasteiger partial charge on any atom is -0.354 e. The van der Waals surface area contributed by atoms with Gasteiger partial charge in [0, 0.05) is 13.1 Å². The van der Waals surface area contributed by atoms with Crippen LogP contribution in [0.1, 0.15) is 48.9 Å². The van der Waals surface area contributed by atoms with Crippen molar-refractivity contribution in [1.82, 2.24) is 10.2 Å². The summed E-state index contributed by atoms with van der Waals surface area (Å²) in [6, 6.07) is 20.5. The second-order valence-corrected chi connectivity index (χ2v) is 11.7. The summed E-state index contributed by atoms with van der Waals surface area (Å²) < 4.78 is 29.0. The SMILES string of the molecule is CCCCNC(=O)[C@@H](C)N(Cc1ccccc1C)C(=O)CN(c1ccccc1C)S(=O)(=O)c1ccc(C)cc1. The quantitative estimate of drug-likeness (QED) is 0.317. The maximum Gasteiger partial charge on any atom is 0.264 e. The Balaban J connectivity index is 2.02. The molecular formula is C31H39N3O4S. The van der Waals surface area contributed by atoms with Crippen LogP contribution in [0.15, 0.2) is 77.7 Å². The van der Waals surface area contributed by atoms with Gasteiger partial charge >= 0.3 is 0 Å². The first-order valence-electron chi connectivity index (χ1n) is 13.3. The number of para-hydroxylation sites is 1. The molecule has 2 amide bonds. The Bertz CT molecular complexity index is 1390. The molecule has 3 aromatic rings. The number of hydrogen-bond donors (Lipinski definition) is 1. The van der Waals surface area contributed by atoms with Gasteiger partial charge in [-0.2, -0.15) is 0 Å². The van der Waals surface area contributed by atoms with Crippen molar-refractivity contribution >= 4 is 27.5 Å². The largest absolute Gasteiger partial charge is 0.354 e. The van der Waals surface area contributed by atoms with E-state index in [2.05, 4.69) is 5.32 Å². The number of amides is 2. The van der Waals surface area contributed by atoms with E-state index in [0.29, 0.717) is 12.2 Å². The smallest absolute Gasteiger partial charge is 0.264 e. The average Bonchev–Trinajstić information content (AvgIpc) is 2.91. The number of aryl methyl sites for hydroxylation is 3. The van der Waals surface area contributed by atoms with Crippen LogP contribution in [0, 0.1) is 20.8 Å². The Labute approximate surface area is 232 Å². The lowest BCUT2D eigenvalue weighted by atomic mass is 10.1. The molecule has 8 heteroatoms. The van der Waals surface area contributed by atoms with E-state index in [0.717, 1.165) is 39.4 Å². The number of benzene rings is 3. The van der Waals surface area contributed by atoms with Crippen molar-refractivity contribution in [3.63, 3.8) is 0 Å². The fourth-order valence-electron chi connectivity index (χ4n) is 4.28. The Hall–Kier alpha value is -3.65. The van der Waals surface area contributed by atoms with Crippen molar-refractivity contribution < 1.29 is 18.0 Å². The average molecular weight is 550 g/mol. The number of sulfonamides is 1. The maximum absolute atomic E-state index is 14.0. The number of anilines is 1. The van der Waals surface area contributed by atoms with Crippen LogP contribution in [-0.2, 0) is 26.2 Å². The third-order valence-corrected chi connectivity index (χ3v) is 8.64. The Kier molecular flexibility index (Phi) is 10.3. The van der Waals surface area contributed by atoms with Crippen LogP contribution in [0.5, 0.6) is 0 Å². The van der Waals surface area contributed by atoms with Crippen molar-refractivity contribution in [3.8, 4) is 0 Å². The molecule has 1 atom stereocenters. The fraction of sp³-hybridized carbons (Fsp3) is 0.355. The van der Waals surface area contributed by atoms with E-state index in [-0.39, 0.29) is 17.3 Å². The van der Waals surface area contributed by atoms with Gasteiger partial charge in [-0.15, -0.1) is 0 Å². The highest BCUT2D eigenvalue weighted by atomic mass is 32.2. The van der Waals surface area contributed by atoms with Crippen molar-refractivity contribution in [2.75, 3.05) is 17.4 Å². The van der Waals surface area contributed by atoms with Gasteiger partial charge in [0.2, 0.25) is 11.8 Å². The van der Waals surface area contributed by atoms with Crippen LogP contribution in [0.3, 0.4) is 0 Å². The molecule has 39 heavy (non-hydrogen) atoms. The van der Waals surface area contributed by atoms with E-state index >= 15 is 0 Å². The molecule has 0 saturated carbocycles. The molecule has 0 unspecified atom stereocenters. The van der Waals surface area contributed by atoms with Gasteiger partial charge < -0.3 is 10.2 Å². The molecule has 0 heterocycles. The minimum atomic E-state index is -4.08. The molecule has 3 rings (SSSR count). The predicted octanol–water partition coefficient (Wildman–Crippen LogP) is 5.14. The summed E-state index contributed by atoms with van der Waals surface area (Å²) >= 11 is 0. The van der Waals surface area contributed by atoms with E-state index in [1.54, 1.807) is 43.3 Å². The van der Waals surface area contributed by atoms with Crippen molar-refractivity contribution in [2.24, 2.45) is 0 Å². The predicted molar refractivity (Wildman–Crippen MR) is 156 cm³/mol. The van der Waals surface area contributed by atoms with Gasteiger partial charge in [-0.3, -0.25) is 13.9 Å². The summed E-state index contributed by atoms with van der Waals surface area (Å²) in [5.74, 6) is -0.732. The molecule has 208 valence electrons. The van der Waals surface area contributed by atoms with E-state index in [9.17, 15) is 18.0 Å². The van der Waals surface area contributed by atoms with E-state index in [1.807, 2.05) is 64.1 Å². The number of carbonyl (C=O) groups is 2. The van der Waals surface area contributed by atoms with E-state index in [4.69, 9.17) is 0 Å². The van der Waals surface area contributed by atoms with Crippen molar-refractivity contribution in [2.45, 2.75) is 64.9 Å². The van der Waals surface area contributed by atoms with Gasteiger partial charge in [0.25, 0.3) is 10.0 Å². The Morgan fingerprint density at radius 2 is 1.49 bits per heavy atom. The van der Waals surface area contributed by atoms with Gasteiger partial charge in [-0.05, 0) is 69.0 Å². The van der Waals surface area contributed by atoms with Gasteiger partial charge in [-0.25, -0.2) is 8.42 Å². The lowest BCUT2D eigenvalue weighted by molar-refractivity contribution is -0.139. The molecular weight excluding hydrogens is 510 g/mol. The number of nitrogens with zero attached hydrogens (tertiary/aromatic N) is 2. The molecule has 0 spiro atoms. The highest BCUT2D eigenvalue weighted by molar-refractivity contribution is 7.92. The second kappa shape index (κ2) is 13.4. The van der Waals surface area contributed by atoms with E-state index in [1.165, 1.54) is 4.90 Å². The molecule has 1 N–H and O–H groups in total. The lowest BCUT2D eigenvalue weighted by Gasteiger charge is -2.32. The zero-order chi connectivity index (χ0) is 28.6. The molecule has 0 saturated heterocycles. The monoisotopic (exact) mass is 549 g/mol. The number of nitrogens with one attached hydrogen (secondary N) is 1. The number of rotatable bonds is 12. The molecule has 0 fully saturated rings. The standard InChI is InChI=1S/C31H39N3O4S/c1-6-7-20-32-31(36)26(5)33(21-27-14-10-8-12-24(27)3)30(35)22-34(29-15-11-9-13-25(29)4)39(37,38)28-18-16-23(2)17-19-28/h8-19,26H,6-7,20-22H2,1-5H3,(H,32,36)/t26-/m1/s1. The molecule has 7 nitrogen and oxygen atoms in total. The first kappa shape index (κ1) is 29.9. The fourth-order valence-corrected chi connectivity index (χ4v) is 5.76. The zero-order valence-electron chi connectivity index (χ0n) is 23.5. The third-order valence-electron chi connectivity index (χ3n) is 6.87. The van der Waals surface area contributed by atoms with Crippen molar-refractivity contribution in [1.29, 1.82) is 0 Å². The highest BCUT2D eigenvalue weighted by Gasteiger charge is 2.33. The lowest BCUT2D eigenvalue weighted by Crippen LogP contribution is -2.51. The van der Waals surface area contributed by atoms with Gasteiger partial charge in [0.1, 0.15) is 12.6 Å². The minimum absolute atomic E-state index is 0.0972. The maximum atomic E-state index is 14.0. The van der Waals surface area contributed by atoms with Crippen LogP contribution in [0.2, 0.25) is 0 Å². The van der Waals surface area contributed by atoms with Crippen LogP contribution in [-0.4, -0.2) is 44.3 Å². The first-order chi connectivity index (χ1) is 18.6.